The van der Waals surface area contributed by atoms with E-state index in [0.29, 0.717) is 45.7 Å². The van der Waals surface area contributed by atoms with Gasteiger partial charge in [0, 0.05) is 36.2 Å². The number of benzene rings is 2. The highest BCUT2D eigenvalue weighted by molar-refractivity contribution is 6.45. The summed E-state index contributed by atoms with van der Waals surface area (Å²) in [5.41, 5.74) is 2.01. The van der Waals surface area contributed by atoms with Crippen molar-refractivity contribution in [3.8, 4) is 0 Å². The van der Waals surface area contributed by atoms with Crippen LogP contribution in [-0.4, -0.2) is 54.8 Å². The molecule has 0 bridgehead atoms. The van der Waals surface area contributed by atoms with E-state index in [4.69, 9.17) is 23.2 Å². The molecular weight excluding hydrogens is 397 g/mol. The number of imide groups is 1. The van der Waals surface area contributed by atoms with E-state index in [-0.39, 0.29) is 11.8 Å². The van der Waals surface area contributed by atoms with Crippen molar-refractivity contribution in [1.82, 2.24) is 9.80 Å². The Hall–Kier alpha value is -2.34. The van der Waals surface area contributed by atoms with Gasteiger partial charge in [-0.3, -0.25) is 9.59 Å². The number of halogens is 2. The van der Waals surface area contributed by atoms with E-state index in [2.05, 4.69) is 4.90 Å². The summed E-state index contributed by atoms with van der Waals surface area (Å²) in [6.45, 7) is 3.03. The zero-order chi connectivity index (χ0) is 19.8. The zero-order valence-electron chi connectivity index (χ0n) is 15.4. The van der Waals surface area contributed by atoms with Gasteiger partial charge >= 0.3 is 0 Å². The monoisotopic (exact) mass is 415 g/mol. The Morgan fingerprint density at radius 3 is 2.14 bits per heavy atom. The maximum atomic E-state index is 13.4. The number of hydrogen-bond donors (Lipinski definition) is 0. The van der Waals surface area contributed by atoms with E-state index in [9.17, 15) is 9.59 Å². The van der Waals surface area contributed by atoms with Crippen molar-refractivity contribution in [2.24, 2.45) is 0 Å². The van der Waals surface area contributed by atoms with Crippen LogP contribution in [0.4, 0.5) is 5.69 Å². The first-order valence-corrected chi connectivity index (χ1v) is 9.79. The molecule has 0 unspecified atom stereocenters. The maximum absolute atomic E-state index is 13.4. The van der Waals surface area contributed by atoms with Crippen LogP contribution >= 0.6 is 23.2 Å². The van der Waals surface area contributed by atoms with Crippen LogP contribution in [0, 0.1) is 0 Å². The van der Waals surface area contributed by atoms with Crippen molar-refractivity contribution in [1.29, 1.82) is 0 Å². The molecule has 2 aliphatic rings. The Bertz CT molecular complexity index is 964. The lowest BCUT2D eigenvalue weighted by atomic mass is 10.0. The van der Waals surface area contributed by atoms with Crippen molar-refractivity contribution >= 4 is 46.3 Å². The van der Waals surface area contributed by atoms with E-state index in [1.54, 1.807) is 48.5 Å². The molecule has 0 saturated carbocycles. The number of likely N-dealkylation sites (N-methyl/N-ethyl adjacent to an activating group) is 1. The minimum absolute atomic E-state index is 0.318. The normalized spacial score (nSPS) is 18.4. The van der Waals surface area contributed by atoms with Gasteiger partial charge in [-0.1, -0.05) is 41.4 Å². The lowest BCUT2D eigenvalue weighted by Gasteiger charge is -2.34. The van der Waals surface area contributed by atoms with E-state index < -0.39 is 0 Å². The number of piperazine rings is 1. The first kappa shape index (κ1) is 19.0. The van der Waals surface area contributed by atoms with Gasteiger partial charge in [0.1, 0.15) is 5.70 Å². The van der Waals surface area contributed by atoms with Crippen molar-refractivity contribution in [3.05, 3.63) is 69.8 Å². The molecule has 5 nitrogen and oxygen atoms in total. The third-order valence-corrected chi connectivity index (χ3v) is 5.57. The van der Waals surface area contributed by atoms with Gasteiger partial charge in [-0.25, -0.2) is 4.90 Å². The minimum atomic E-state index is -0.344. The average Bonchev–Trinajstić information content (AvgIpc) is 2.93. The second kappa shape index (κ2) is 7.59. The smallest absolute Gasteiger partial charge is 0.282 e. The van der Waals surface area contributed by atoms with Gasteiger partial charge in [0.25, 0.3) is 11.8 Å². The molecule has 1 fully saturated rings. The Morgan fingerprint density at radius 2 is 1.50 bits per heavy atom. The second-order valence-electron chi connectivity index (χ2n) is 6.95. The fourth-order valence-electron chi connectivity index (χ4n) is 3.57. The molecule has 28 heavy (non-hydrogen) atoms. The predicted molar refractivity (Wildman–Crippen MR) is 111 cm³/mol. The van der Waals surface area contributed by atoms with E-state index in [1.165, 1.54) is 4.90 Å². The molecule has 0 aromatic heterocycles. The maximum Gasteiger partial charge on any atom is 0.282 e. The molecular formula is C21H19Cl2N3O2. The van der Waals surface area contributed by atoms with Crippen LogP contribution in [0.1, 0.15) is 5.56 Å². The lowest BCUT2D eigenvalue weighted by molar-refractivity contribution is -0.120. The minimum Gasteiger partial charge on any atom is -0.364 e. The van der Waals surface area contributed by atoms with Crippen LogP contribution in [0.3, 0.4) is 0 Å². The fraction of sp³-hybridized carbons (Fsp3) is 0.238. The number of amides is 2. The summed E-state index contributed by atoms with van der Waals surface area (Å²) < 4.78 is 0. The number of nitrogens with zero attached hydrogens (tertiary/aromatic N) is 3. The molecule has 4 rings (SSSR count). The topological polar surface area (TPSA) is 43.9 Å². The van der Waals surface area contributed by atoms with Crippen LogP contribution in [-0.2, 0) is 9.59 Å². The summed E-state index contributed by atoms with van der Waals surface area (Å²) in [5.74, 6) is -0.662. The molecule has 144 valence electrons. The van der Waals surface area contributed by atoms with Gasteiger partial charge in [0.2, 0.25) is 0 Å². The molecule has 2 amide bonds. The van der Waals surface area contributed by atoms with Crippen LogP contribution in [0.5, 0.6) is 0 Å². The lowest BCUT2D eigenvalue weighted by Crippen LogP contribution is -2.46. The molecule has 7 heteroatoms. The predicted octanol–water partition coefficient (Wildman–Crippen LogP) is 3.53. The summed E-state index contributed by atoms with van der Waals surface area (Å²) in [5, 5.41) is 1.05. The fourth-order valence-corrected chi connectivity index (χ4v) is 3.88. The molecule has 2 aromatic rings. The van der Waals surface area contributed by atoms with Gasteiger partial charge in [-0.05, 0) is 42.9 Å². The zero-order valence-corrected chi connectivity index (χ0v) is 16.9. The van der Waals surface area contributed by atoms with Crippen molar-refractivity contribution in [3.63, 3.8) is 0 Å². The number of anilines is 1. The van der Waals surface area contributed by atoms with Crippen LogP contribution in [0.2, 0.25) is 10.0 Å². The Kier molecular flexibility index (Phi) is 5.15. The van der Waals surface area contributed by atoms with Gasteiger partial charge in [0.15, 0.2) is 0 Å². The SMILES string of the molecule is CN1CCN(C2=C(c3ccc(Cl)cc3)C(=O)N(c3cccc(Cl)c3)C2=O)CC1. The molecule has 0 aliphatic carbocycles. The first-order valence-electron chi connectivity index (χ1n) is 9.04. The Morgan fingerprint density at radius 1 is 0.821 bits per heavy atom. The number of rotatable bonds is 3. The molecule has 0 radical (unpaired) electrons. The summed E-state index contributed by atoms with van der Waals surface area (Å²) in [6.07, 6.45) is 0. The van der Waals surface area contributed by atoms with E-state index in [1.807, 2.05) is 11.9 Å². The molecule has 2 aliphatic heterocycles. The Balaban J connectivity index is 1.81. The van der Waals surface area contributed by atoms with E-state index >= 15 is 0 Å². The van der Waals surface area contributed by atoms with Crippen molar-refractivity contribution in [2.75, 3.05) is 38.1 Å². The van der Waals surface area contributed by atoms with Crippen molar-refractivity contribution < 1.29 is 9.59 Å². The average molecular weight is 416 g/mol. The highest BCUT2D eigenvalue weighted by Crippen LogP contribution is 2.36. The van der Waals surface area contributed by atoms with Crippen LogP contribution in [0.15, 0.2) is 54.2 Å². The quantitative estimate of drug-likeness (QED) is 0.719. The highest BCUT2D eigenvalue weighted by atomic mass is 35.5. The molecule has 0 N–H and O–H groups in total. The van der Waals surface area contributed by atoms with Gasteiger partial charge in [0.05, 0.1) is 11.3 Å². The van der Waals surface area contributed by atoms with Crippen LogP contribution < -0.4 is 4.90 Å². The van der Waals surface area contributed by atoms with Crippen molar-refractivity contribution in [2.45, 2.75) is 0 Å². The van der Waals surface area contributed by atoms with Gasteiger partial charge < -0.3 is 9.80 Å². The molecule has 0 atom stereocenters. The second-order valence-corrected chi connectivity index (χ2v) is 7.82. The molecule has 1 saturated heterocycles. The summed E-state index contributed by atoms with van der Waals surface area (Å²) >= 11 is 12.1. The largest absolute Gasteiger partial charge is 0.364 e. The molecule has 0 spiro atoms. The third-order valence-electron chi connectivity index (χ3n) is 5.08. The van der Waals surface area contributed by atoms with E-state index in [0.717, 1.165) is 13.1 Å². The summed E-state index contributed by atoms with van der Waals surface area (Å²) in [7, 11) is 2.05. The Labute approximate surface area is 173 Å². The van der Waals surface area contributed by atoms with Gasteiger partial charge in [-0.2, -0.15) is 0 Å². The third kappa shape index (κ3) is 3.41. The first-order chi connectivity index (χ1) is 13.5. The standard InChI is InChI=1S/C21H19Cl2N3O2/c1-24-9-11-25(12-10-24)19-18(14-5-7-15(22)8-6-14)20(27)26(21(19)28)17-4-2-3-16(23)13-17/h2-8,13H,9-12H2,1H3. The summed E-state index contributed by atoms with van der Waals surface area (Å²) in [4.78, 5) is 32.2. The molecule has 2 aromatic carbocycles. The molecule has 2 heterocycles. The van der Waals surface area contributed by atoms with Crippen LogP contribution in [0.25, 0.3) is 5.57 Å². The highest BCUT2D eigenvalue weighted by Gasteiger charge is 2.42. The number of carbonyl (C=O) groups excluding carboxylic acids is 2. The number of hydrogen-bond acceptors (Lipinski definition) is 4. The number of carbonyl (C=O) groups is 2. The summed E-state index contributed by atoms with van der Waals surface area (Å²) in [6, 6.07) is 13.8. The van der Waals surface area contributed by atoms with Gasteiger partial charge in [-0.15, -0.1) is 0 Å².